The van der Waals surface area contributed by atoms with E-state index in [9.17, 15) is 0 Å². The molecule has 1 fully saturated rings. The summed E-state index contributed by atoms with van der Waals surface area (Å²) in [6.45, 7) is 7.71. The van der Waals surface area contributed by atoms with Crippen molar-refractivity contribution in [2.45, 2.75) is 32.4 Å². The van der Waals surface area contributed by atoms with E-state index in [1.165, 1.54) is 0 Å². The summed E-state index contributed by atoms with van der Waals surface area (Å²) in [5.74, 6) is 0.851. The largest absolute Gasteiger partial charge is 0.492 e. The lowest BCUT2D eigenvalue weighted by molar-refractivity contribution is -0.0586. The van der Waals surface area contributed by atoms with Crippen molar-refractivity contribution in [2.24, 2.45) is 5.73 Å². The van der Waals surface area contributed by atoms with E-state index >= 15 is 0 Å². The maximum atomic E-state index is 5.80. The molecule has 116 valence electrons. The molecule has 2 rings (SSSR count). The molecule has 0 saturated carbocycles. The van der Waals surface area contributed by atoms with Crippen LogP contribution in [0.3, 0.4) is 0 Å². The second-order valence-electron chi connectivity index (χ2n) is 5.44. The van der Waals surface area contributed by atoms with Gasteiger partial charge >= 0.3 is 0 Å². The molecule has 1 saturated heterocycles. The van der Waals surface area contributed by atoms with E-state index in [-0.39, 0.29) is 0 Å². The smallest absolute Gasteiger partial charge is 0.119 e. The normalized spacial score (nSPS) is 23.0. The van der Waals surface area contributed by atoms with Crippen LogP contribution in [0.4, 0.5) is 0 Å². The summed E-state index contributed by atoms with van der Waals surface area (Å²) in [6, 6.07) is 8.11. The number of nitrogens with two attached hydrogens (primary N) is 1. The van der Waals surface area contributed by atoms with Crippen molar-refractivity contribution in [2.75, 3.05) is 26.3 Å². The molecule has 0 amide bonds. The van der Waals surface area contributed by atoms with E-state index in [4.69, 9.17) is 27.4 Å². The molecular weight excluding hydrogens is 284 g/mol. The number of morpholine rings is 1. The second-order valence-corrected chi connectivity index (χ2v) is 5.88. The predicted molar refractivity (Wildman–Crippen MR) is 88.9 cm³/mol. The lowest BCUT2D eigenvalue weighted by atomic mass is 10.1. The minimum absolute atomic E-state index is 0.303. The van der Waals surface area contributed by atoms with Crippen LogP contribution in [0.1, 0.15) is 25.8 Å². The predicted octanol–water partition coefficient (Wildman–Crippen LogP) is 2.20. The Labute approximate surface area is 132 Å². The highest BCUT2D eigenvalue weighted by atomic mass is 32.1. The molecule has 1 heterocycles. The van der Waals surface area contributed by atoms with Gasteiger partial charge in [-0.05, 0) is 37.6 Å². The van der Waals surface area contributed by atoms with E-state index in [0.717, 1.165) is 37.4 Å². The standard InChI is InChI=1S/C16H24N2O2S/c1-3-14-11-20-12(2)10-18(14)8-9-19-15-6-4-13(5-7-15)16(17)21/h4-7,12,14H,3,8-11H2,1-2H3,(H2,17,21). The van der Waals surface area contributed by atoms with Gasteiger partial charge < -0.3 is 15.2 Å². The van der Waals surface area contributed by atoms with Crippen molar-refractivity contribution in [1.29, 1.82) is 0 Å². The molecule has 5 heteroatoms. The van der Waals surface area contributed by atoms with E-state index in [2.05, 4.69) is 18.7 Å². The van der Waals surface area contributed by atoms with Crippen LogP contribution in [0.25, 0.3) is 0 Å². The van der Waals surface area contributed by atoms with Crippen LogP contribution >= 0.6 is 12.2 Å². The summed E-state index contributed by atoms with van der Waals surface area (Å²) < 4.78 is 11.5. The van der Waals surface area contributed by atoms with Crippen LogP contribution in [0.15, 0.2) is 24.3 Å². The molecule has 0 bridgehead atoms. The number of benzene rings is 1. The van der Waals surface area contributed by atoms with Gasteiger partial charge in [0, 0.05) is 24.7 Å². The third-order valence-electron chi connectivity index (χ3n) is 3.84. The van der Waals surface area contributed by atoms with Gasteiger partial charge in [0.25, 0.3) is 0 Å². The topological polar surface area (TPSA) is 47.7 Å². The fourth-order valence-corrected chi connectivity index (χ4v) is 2.69. The Kier molecular flexibility index (Phi) is 5.96. The molecule has 2 N–H and O–H groups in total. The van der Waals surface area contributed by atoms with Gasteiger partial charge in [0.15, 0.2) is 0 Å². The van der Waals surface area contributed by atoms with Crippen molar-refractivity contribution in [3.05, 3.63) is 29.8 Å². The van der Waals surface area contributed by atoms with Gasteiger partial charge in [-0.1, -0.05) is 19.1 Å². The zero-order valence-corrected chi connectivity index (χ0v) is 13.6. The molecule has 2 unspecified atom stereocenters. The van der Waals surface area contributed by atoms with Crippen molar-refractivity contribution < 1.29 is 9.47 Å². The molecule has 0 spiro atoms. The Morgan fingerprint density at radius 1 is 1.43 bits per heavy atom. The highest BCUT2D eigenvalue weighted by Gasteiger charge is 2.24. The van der Waals surface area contributed by atoms with Crippen LogP contribution in [-0.4, -0.2) is 48.3 Å². The molecule has 1 aliphatic rings. The van der Waals surface area contributed by atoms with Crippen LogP contribution in [0.2, 0.25) is 0 Å². The molecule has 0 aliphatic carbocycles. The van der Waals surface area contributed by atoms with Gasteiger partial charge in [0.2, 0.25) is 0 Å². The Morgan fingerprint density at radius 3 is 2.76 bits per heavy atom. The number of hydrogen-bond donors (Lipinski definition) is 1. The van der Waals surface area contributed by atoms with Gasteiger partial charge in [-0.15, -0.1) is 0 Å². The quantitative estimate of drug-likeness (QED) is 0.816. The van der Waals surface area contributed by atoms with Gasteiger partial charge in [0.05, 0.1) is 12.7 Å². The van der Waals surface area contributed by atoms with E-state index in [1.807, 2.05) is 24.3 Å². The molecule has 4 nitrogen and oxygen atoms in total. The number of thiocarbonyl (C=S) groups is 1. The molecule has 21 heavy (non-hydrogen) atoms. The Bertz CT molecular complexity index is 464. The SMILES string of the molecule is CCC1COC(C)CN1CCOc1ccc(C(N)=S)cc1. The minimum Gasteiger partial charge on any atom is -0.492 e. The highest BCUT2D eigenvalue weighted by Crippen LogP contribution is 2.15. The summed E-state index contributed by atoms with van der Waals surface area (Å²) in [5, 5.41) is 0. The fraction of sp³-hybridized carbons (Fsp3) is 0.562. The van der Waals surface area contributed by atoms with Gasteiger partial charge in [0.1, 0.15) is 17.3 Å². The lowest BCUT2D eigenvalue weighted by Crippen LogP contribution is -2.49. The summed E-state index contributed by atoms with van der Waals surface area (Å²) in [7, 11) is 0. The molecule has 2 atom stereocenters. The van der Waals surface area contributed by atoms with Gasteiger partial charge in [-0.2, -0.15) is 0 Å². The number of nitrogens with zero attached hydrogens (tertiary/aromatic N) is 1. The van der Waals surface area contributed by atoms with Crippen LogP contribution < -0.4 is 10.5 Å². The van der Waals surface area contributed by atoms with Gasteiger partial charge in [-0.3, -0.25) is 4.90 Å². The summed E-state index contributed by atoms with van der Waals surface area (Å²) in [4.78, 5) is 2.87. The Morgan fingerprint density at radius 2 is 2.14 bits per heavy atom. The van der Waals surface area contributed by atoms with Crippen LogP contribution in [0, 0.1) is 0 Å². The third kappa shape index (κ3) is 4.66. The first-order valence-corrected chi connectivity index (χ1v) is 7.89. The van der Waals surface area contributed by atoms with Crippen molar-refractivity contribution >= 4 is 17.2 Å². The second kappa shape index (κ2) is 7.73. The molecule has 0 aromatic heterocycles. The lowest BCUT2D eigenvalue weighted by Gasteiger charge is -2.38. The molecule has 0 radical (unpaired) electrons. The number of hydrogen-bond acceptors (Lipinski definition) is 4. The number of rotatable bonds is 6. The Hall–Kier alpha value is -1.17. The van der Waals surface area contributed by atoms with E-state index in [0.29, 0.717) is 23.7 Å². The first-order valence-electron chi connectivity index (χ1n) is 7.48. The summed E-state index contributed by atoms with van der Waals surface area (Å²) >= 11 is 4.93. The molecule has 1 aliphatic heterocycles. The summed E-state index contributed by atoms with van der Waals surface area (Å²) in [6.07, 6.45) is 1.41. The zero-order valence-electron chi connectivity index (χ0n) is 12.7. The number of ether oxygens (including phenoxy) is 2. The highest BCUT2D eigenvalue weighted by molar-refractivity contribution is 7.80. The minimum atomic E-state index is 0.303. The van der Waals surface area contributed by atoms with Gasteiger partial charge in [-0.25, -0.2) is 0 Å². The first-order chi connectivity index (χ1) is 10.1. The van der Waals surface area contributed by atoms with Crippen LogP contribution in [0.5, 0.6) is 5.75 Å². The van der Waals surface area contributed by atoms with Crippen molar-refractivity contribution in [3.63, 3.8) is 0 Å². The molecular formula is C16H24N2O2S. The monoisotopic (exact) mass is 308 g/mol. The third-order valence-corrected chi connectivity index (χ3v) is 4.07. The van der Waals surface area contributed by atoms with Crippen molar-refractivity contribution in [1.82, 2.24) is 4.90 Å². The van der Waals surface area contributed by atoms with E-state index < -0.39 is 0 Å². The first kappa shape index (κ1) is 16.2. The Balaban J connectivity index is 1.81. The molecule has 1 aromatic rings. The maximum Gasteiger partial charge on any atom is 0.119 e. The summed E-state index contributed by atoms with van der Waals surface area (Å²) in [5.41, 5.74) is 6.44. The van der Waals surface area contributed by atoms with Crippen LogP contribution in [-0.2, 0) is 4.74 Å². The van der Waals surface area contributed by atoms with E-state index in [1.54, 1.807) is 0 Å². The molecule has 1 aromatic carbocycles. The fourth-order valence-electron chi connectivity index (χ4n) is 2.56. The average molecular weight is 308 g/mol. The van der Waals surface area contributed by atoms with Crippen molar-refractivity contribution in [3.8, 4) is 5.75 Å². The maximum absolute atomic E-state index is 5.80. The average Bonchev–Trinajstić information content (AvgIpc) is 2.48. The zero-order chi connectivity index (χ0) is 15.2.